The van der Waals surface area contributed by atoms with Crippen LogP contribution in [0.2, 0.25) is 0 Å². The van der Waals surface area contributed by atoms with Crippen molar-refractivity contribution in [3.8, 4) is 5.88 Å². The highest BCUT2D eigenvalue weighted by atomic mass is 16.5. The Morgan fingerprint density at radius 1 is 1.69 bits per heavy atom. The van der Waals surface area contributed by atoms with E-state index in [1.165, 1.54) is 0 Å². The van der Waals surface area contributed by atoms with Crippen LogP contribution in [-0.4, -0.2) is 24.5 Å². The molecule has 5 heteroatoms. The van der Waals surface area contributed by atoms with Crippen molar-refractivity contribution < 1.29 is 9.53 Å². The number of hydrogen-bond acceptors (Lipinski definition) is 4. The van der Waals surface area contributed by atoms with Crippen LogP contribution in [0.5, 0.6) is 5.88 Å². The lowest BCUT2D eigenvalue weighted by atomic mass is 10.4. The number of rotatable bonds is 4. The van der Waals surface area contributed by atoms with E-state index in [9.17, 15) is 4.79 Å². The number of aromatic nitrogens is 1. The minimum atomic E-state index is -0.407. The third-order valence-corrected chi connectivity index (χ3v) is 1.41. The molecule has 1 rings (SSSR count). The summed E-state index contributed by atoms with van der Waals surface area (Å²) in [7, 11) is 1.54. The Bertz CT molecular complexity index is 284. The van der Waals surface area contributed by atoms with Crippen LogP contribution in [0.25, 0.3) is 0 Å². The Kier molecular flexibility index (Phi) is 3.08. The molecule has 0 aliphatic rings. The molecule has 0 saturated carbocycles. The first-order valence-corrected chi connectivity index (χ1v) is 3.74. The van der Waals surface area contributed by atoms with Gasteiger partial charge in [0, 0.05) is 6.07 Å². The minimum Gasteiger partial charge on any atom is -0.481 e. The third kappa shape index (κ3) is 2.98. The smallest absolute Gasteiger partial charge is 0.236 e. The monoisotopic (exact) mass is 181 g/mol. The molecule has 0 aromatic carbocycles. The van der Waals surface area contributed by atoms with E-state index in [4.69, 9.17) is 10.5 Å². The highest BCUT2D eigenvalue weighted by molar-refractivity contribution is 5.78. The number of ether oxygens (including phenoxy) is 1. The average Bonchev–Trinajstić information content (AvgIpc) is 2.15. The zero-order valence-corrected chi connectivity index (χ0v) is 7.28. The number of nitrogens with two attached hydrogens (primary N) is 1. The molecule has 13 heavy (non-hydrogen) atoms. The van der Waals surface area contributed by atoms with Crippen LogP contribution in [0, 0.1) is 0 Å². The summed E-state index contributed by atoms with van der Waals surface area (Å²) in [6.45, 7) is 0.105. The summed E-state index contributed by atoms with van der Waals surface area (Å²) >= 11 is 0. The van der Waals surface area contributed by atoms with Gasteiger partial charge in [-0.3, -0.25) is 4.79 Å². The number of amides is 1. The lowest BCUT2D eigenvalue weighted by Gasteiger charge is -2.03. The van der Waals surface area contributed by atoms with Gasteiger partial charge in [-0.05, 0) is 6.07 Å². The minimum absolute atomic E-state index is 0.105. The number of carbonyl (C=O) groups is 1. The molecule has 0 bridgehead atoms. The van der Waals surface area contributed by atoms with Crippen molar-refractivity contribution in [3.63, 3.8) is 0 Å². The Morgan fingerprint density at radius 2 is 2.46 bits per heavy atom. The highest BCUT2D eigenvalue weighted by Gasteiger charge is 1.96. The first kappa shape index (κ1) is 9.31. The van der Waals surface area contributed by atoms with E-state index in [1.807, 2.05) is 0 Å². The Hall–Kier alpha value is -1.78. The van der Waals surface area contributed by atoms with Crippen molar-refractivity contribution in [1.29, 1.82) is 0 Å². The normalized spacial score (nSPS) is 9.31. The lowest BCUT2D eigenvalue weighted by molar-refractivity contribution is -0.116. The second-order valence-corrected chi connectivity index (χ2v) is 2.41. The van der Waals surface area contributed by atoms with Crippen molar-refractivity contribution in [3.05, 3.63) is 18.3 Å². The van der Waals surface area contributed by atoms with Crippen LogP contribution in [0.15, 0.2) is 18.3 Å². The molecule has 0 radical (unpaired) electrons. The van der Waals surface area contributed by atoms with Gasteiger partial charge in [-0.25, -0.2) is 4.98 Å². The maximum absolute atomic E-state index is 10.4. The van der Waals surface area contributed by atoms with Crippen molar-refractivity contribution in [1.82, 2.24) is 4.98 Å². The summed E-state index contributed by atoms with van der Waals surface area (Å²) in [5, 5.41) is 2.80. The Morgan fingerprint density at radius 3 is 2.92 bits per heavy atom. The van der Waals surface area contributed by atoms with Gasteiger partial charge in [0.15, 0.2) is 0 Å². The molecule has 0 aliphatic carbocycles. The van der Waals surface area contributed by atoms with Gasteiger partial charge in [0.05, 0.1) is 25.5 Å². The number of nitrogens with zero attached hydrogens (tertiary/aromatic N) is 1. The van der Waals surface area contributed by atoms with Gasteiger partial charge < -0.3 is 15.8 Å². The lowest BCUT2D eigenvalue weighted by Crippen LogP contribution is -2.21. The zero-order valence-electron chi connectivity index (χ0n) is 7.28. The van der Waals surface area contributed by atoms with Gasteiger partial charge in [0.1, 0.15) is 0 Å². The molecule has 1 aromatic heterocycles. The standard InChI is InChI=1S/C8H11N3O2/c1-13-8-3-2-6(4-11-8)10-5-7(9)12/h2-4,10H,5H2,1H3,(H2,9,12). The van der Waals surface area contributed by atoms with Crippen molar-refractivity contribution in [2.75, 3.05) is 19.0 Å². The third-order valence-electron chi connectivity index (χ3n) is 1.41. The first-order valence-electron chi connectivity index (χ1n) is 3.74. The summed E-state index contributed by atoms with van der Waals surface area (Å²) in [4.78, 5) is 14.3. The summed E-state index contributed by atoms with van der Waals surface area (Å²) < 4.78 is 4.86. The van der Waals surface area contributed by atoms with Crippen LogP contribution >= 0.6 is 0 Å². The Balaban J connectivity index is 2.54. The van der Waals surface area contributed by atoms with E-state index < -0.39 is 5.91 Å². The van der Waals surface area contributed by atoms with Gasteiger partial charge in [0.25, 0.3) is 0 Å². The zero-order chi connectivity index (χ0) is 9.68. The number of hydrogen-bond donors (Lipinski definition) is 2. The van der Waals surface area contributed by atoms with Crippen molar-refractivity contribution >= 4 is 11.6 Å². The number of anilines is 1. The van der Waals surface area contributed by atoms with Gasteiger partial charge in [-0.15, -0.1) is 0 Å². The summed E-state index contributed by atoms with van der Waals surface area (Å²) in [5.41, 5.74) is 5.69. The van der Waals surface area contributed by atoms with E-state index in [2.05, 4.69) is 10.3 Å². The molecular formula is C8H11N3O2. The van der Waals surface area contributed by atoms with Crippen LogP contribution < -0.4 is 15.8 Å². The fraction of sp³-hybridized carbons (Fsp3) is 0.250. The number of primary amides is 1. The molecule has 70 valence electrons. The van der Waals surface area contributed by atoms with Crippen LogP contribution in [0.3, 0.4) is 0 Å². The molecular weight excluding hydrogens is 170 g/mol. The predicted molar refractivity (Wildman–Crippen MR) is 48.5 cm³/mol. The number of methoxy groups -OCH3 is 1. The Labute approximate surface area is 75.9 Å². The van der Waals surface area contributed by atoms with E-state index >= 15 is 0 Å². The molecule has 0 saturated heterocycles. The van der Waals surface area contributed by atoms with Crippen LogP contribution in [0.4, 0.5) is 5.69 Å². The van der Waals surface area contributed by atoms with Crippen molar-refractivity contribution in [2.45, 2.75) is 0 Å². The maximum atomic E-state index is 10.4. The second kappa shape index (κ2) is 4.30. The summed E-state index contributed by atoms with van der Waals surface area (Å²) in [5.74, 6) is 0.125. The van der Waals surface area contributed by atoms with E-state index in [1.54, 1.807) is 25.4 Å². The topological polar surface area (TPSA) is 77.2 Å². The van der Waals surface area contributed by atoms with Gasteiger partial charge in [-0.2, -0.15) is 0 Å². The molecule has 3 N–H and O–H groups in total. The maximum Gasteiger partial charge on any atom is 0.236 e. The number of nitrogens with one attached hydrogen (secondary N) is 1. The molecule has 0 spiro atoms. The van der Waals surface area contributed by atoms with Crippen LogP contribution in [-0.2, 0) is 4.79 Å². The first-order chi connectivity index (χ1) is 6.22. The molecule has 0 aliphatic heterocycles. The molecule has 5 nitrogen and oxygen atoms in total. The van der Waals surface area contributed by atoms with Gasteiger partial charge in [-0.1, -0.05) is 0 Å². The number of carbonyl (C=O) groups excluding carboxylic acids is 1. The summed E-state index contributed by atoms with van der Waals surface area (Å²) in [6, 6.07) is 3.46. The molecule has 0 unspecified atom stereocenters. The quantitative estimate of drug-likeness (QED) is 0.684. The van der Waals surface area contributed by atoms with Gasteiger partial charge >= 0.3 is 0 Å². The second-order valence-electron chi connectivity index (χ2n) is 2.41. The molecule has 0 atom stereocenters. The van der Waals surface area contributed by atoms with Gasteiger partial charge in [0.2, 0.25) is 11.8 Å². The fourth-order valence-corrected chi connectivity index (χ4v) is 0.795. The highest BCUT2D eigenvalue weighted by Crippen LogP contribution is 2.09. The van der Waals surface area contributed by atoms with E-state index in [0.29, 0.717) is 5.88 Å². The number of pyridine rings is 1. The molecule has 1 heterocycles. The predicted octanol–water partition coefficient (Wildman–Crippen LogP) is -0.0126. The van der Waals surface area contributed by atoms with E-state index in [-0.39, 0.29) is 6.54 Å². The average molecular weight is 181 g/mol. The largest absolute Gasteiger partial charge is 0.481 e. The SMILES string of the molecule is COc1ccc(NCC(N)=O)cn1. The van der Waals surface area contributed by atoms with E-state index in [0.717, 1.165) is 5.69 Å². The molecule has 1 aromatic rings. The molecule has 1 amide bonds. The molecule has 0 fully saturated rings. The van der Waals surface area contributed by atoms with Crippen LogP contribution in [0.1, 0.15) is 0 Å². The fourth-order valence-electron chi connectivity index (χ4n) is 0.795. The summed E-state index contributed by atoms with van der Waals surface area (Å²) in [6.07, 6.45) is 1.57. The van der Waals surface area contributed by atoms with Crippen molar-refractivity contribution in [2.24, 2.45) is 5.73 Å².